The molecule has 0 spiro atoms. The maximum Gasteiger partial charge on any atom is 0.225 e. The molecule has 1 fully saturated rings. The van der Waals surface area contributed by atoms with Crippen molar-refractivity contribution in [3.05, 3.63) is 30.1 Å². The van der Waals surface area contributed by atoms with Crippen LogP contribution in [0.4, 0.5) is 4.39 Å². The van der Waals surface area contributed by atoms with Crippen LogP contribution in [0.15, 0.2) is 24.3 Å². The van der Waals surface area contributed by atoms with Crippen LogP contribution < -0.4 is 4.74 Å². The highest BCUT2D eigenvalue weighted by atomic mass is 19.1. The van der Waals surface area contributed by atoms with E-state index in [1.807, 2.05) is 11.9 Å². The lowest BCUT2D eigenvalue weighted by atomic mass is 10.0. The fourth-order valence-corrected chi connectivity index (χ4v) is 2.98. The van der Waals surface area contributed by atoms with Crippen molar-refractivity contribution in [2.75, 3.05) is 26.7 Å². The molecular weight excluding hydrogens is 295 g/mol. The van der Waals surface area contributed by atoms with Crippen LogP contribution in [-0.2, 0) is 4.79 Å². The third-order valence-corrected chi connectivity index (χ3v) is 4.58. The molecule has 4 nitrogen and oxygen atoms in total. The van der Waals surface area contributed by atoms with Gasteiger partial charge in [-0.15, -0.1) is 0 Å². The zero-order valence-electron chi connectivity index (χ0n) is 14.3. The smallest absolute Gasteiger partial charge is 0.225 e. The minimum atomic E-state index is -0.394. The molecule has 128 valence electrons. The number of ether oxygens (including phenoxy) is 1. The highest BCUT2D eigenvalue weighted by Crippen LogP contribution is 2.19. The average molecular weight is 322 g/mol. The number of carbonyl (C=O) groups excluding carboxylic acids is 1. The lowest BCUT2D eigenvalue weighted by Crippen LogP contribution is -2.47. The topological polar surface area (TPSA) is 32.8 Å². The largest absolute Gasteiger partial charge is 0.490 e. The van der Waals surface area contributed by atoms with E-state index in [-0.39, 0.29) is 24.7 Å². The van der Waals surface area contributed by atoms with Crippen LogP contribution >= 0.6 is 0 Å². The van der Waals surface area contributed by atoms with Crippen molar-refractivity contribution in [3.8, 4) is 5.75 Å². The molecule has 0 aliphatic carbocycles. The fourth-order valence-electron chi connectivity index (χ4n) is 2.98. The van der Waals surface area contributed by atoms with Crippen molar-refractivity contribution >= 4 is 5.91 Å². The number of halogens is 1. The zero-order valence-corrected chi connectivity index (χ0v) is 14.3. The highest BCUT2D eigenvalue weighted by molar-refractivity contribution is 5.76. The summed E-state index contributed by atoms with van der Waals surface area (Å²) in [4.78, 5) is 16.5. The molecule has 1 aliphatic rings. The molecule has 1 aliphatic heterocycles. The van der Waals surface area contributed by atoms with Gasteiger partial charge in [0.2, 0.25) is 5.91 Å². The van der Waals surface area contributed by atoms with E-state index in [4.69, 9.17) is 4.74 Å². The predicted octanol–water partition coefficient (Wildman–Crippen LogP) is 2.93. The van der Waals surface area contributed by atoms with Crippen LogP contribution in [0, 0.1) is 5.82 Å². The van der Waals surface area contributed by atoms with Crippen LogP contribution in [-0.4, -0.2) is 54.5 Å². The Morgan fingerprint density at radius 2 is 2.00 bits per heavy atom. The first-order valence-corrected chi connectivity index (χ1v) is 8.36. The Morgan fingerprint density at radius 3 is 2.61 bits per heavy atom. The maximum atomic E-state index is 13.4. The van der Waals surface area contributed by atoms with Gasteiger partial charge in [0.1, 0.15) is 0 Å². The first kappa shape index (κ1) is 17.7. The van der Waals surface area contributed by atoms with Crippen molar-refractivity contribution < 1.29 is 13.9 Å². The molecule has 0 radical (unpaired) electrons. The average Bonchev–Trinajstić information content (AvgIpc) is 2.56. The Balaban J connectivity index is 1.74. The molecule has 23 heavy (non-hydrogen) atoms. The molecule has 1 heterocycles. The first-order valence-electron chi connectivity index (χ1n) is 8.36. The molecule has 0 N–H and O–H groups in total. The van der Waals surface area contributed by atoms with Gasteiger partial charge in [-0.2, -0.15) is 0 Å². The molecule has 0 unspecified atom stereocenters. The summed E-state index contributed by atoms with van der Waals surface area (Å²) in [6, 6.07) is 7.12. The second-order valence-corrected chi connectivity index (χ2v) is 6.39. The molecular formula is C18H27FN2O2. The van der Waals surface area contributed by atoms with Gasteiger partial charge in [-0.1, -0.05) is 12.1 Å². The molecule has 0 saturated carbocycles. The monoisotopic (exact) mass is 322 g/mol. The number of hydrogen-bond acceptors (Lipinski definition) is 3. The number of amides is 1. The number of piperidine rings is 1. The molecule has 1 aromatic rings. The molecule has 0 bridgehead atoms. The predicted molar refractivity (Wildman–Crippen MR) is 89.0 cm³/mol. The van der Waals surface area contributed by atoms with Crippen molar-refractivity contribution in [1.82, 2.24) is 9.80 Å². The minimum absolute atomic E-state index is 0.0596. The summed E-state index contributed by atoms with van der Waals surface area (Å²) in [5, 5.41) is 0. The van der Waals surface area contributed by atoms with E-state index < -0.39 is 5.82 Å². The van der Waals surface area contributed by atoms with Gasteiger partial charge in [0.15, 0.2) is 11.6 Å². The van der Waals surface area contributed by atoms with Gasteiger partial charge < -0.3 is 14.5 Å². The Hall–Kier alpha value is -1.62. The standard InChI is InChI=1S/C18H27FN2O2/c1-14(2)21-11-8-15(9-12-21)20(3)18(22)10-13-23-17-7-5-4-6-16(17)19/h4-7,14-15H,8-13H2,1-3H3. The quantitative estimate of drug-likeness (QED) is 0.807. The van der Waals surface area contributed by atoms with E-state index in [1.54, 1.807) is 18.2 Å². The van der Waals surface area contributed by atoms with Gasteiger partial charge in [-0.05, 0) is 38.8 Å². The van der Waals surface area contributed by atoms with E-state index >= 15 is 0 Å². The third kappa shape index (κ3) is 4.93. The number of rotatable bonds is 6. The van der Waals surface area contributed by atoms with Gasteiger partial charge in [0.05, 0.1) is 13.0 Å². The molecule has 2 rings (SSSR count). The van der Waals surface area contributed by atoms with Gasteiger partial charge in [-0.3, -0.25) is 4.79 Å². The van der Waals surface area contributed by atoms with Gasteiger partial charge in [0, 0.05) is 32.2 Å². The molecule has 1 aromatic carbocycles. The van der Waals surface area contributed by atoms with E-state index in [1.165, 1.54) is 6.07 Å². The SMILES string of the molecule is CC(C)N1CCC(N(C)C(=O)CCOc2ccccc2F)CC1. The van der Waals surface area contributed by atoms with Crippen LogP contribution in [0.2, 0.25) is 0 Å². The number of likely N-dealkylation sites (tertiary alicyclic amines) is 1. The van der Waals surface area contributed by atoms with E-state index in [0.29, 0.717) is 12.1 Å². The summed E-state index contributed by atoms with van der Waals surface area (Å²) < 4.78 is 18.8. The number of para-hydroxylation sites is 1. The second-order valence-electron chi connectivity index (χ2n) is 6.39. The lowest BCUT2D eigenvalue weighted by Gasteiger charge is -2.38. The molecule has 1 saturated heterocycles. The van der Waals surface area contributed by atoms with Crippen molar-refractivity contribution in [1.29, 1.82) is 0 Å². The van der Waals surface area contributed by atoms with Crippen LogP contribution in [0.5, 0.6) is 5.75 Å². The van der Waals surface area contributed by atoms with E-state index in [2.05, 4.69) is 18.7 Å². The van der Waals surface area contributed by atoms with Crippen molar-refractivity contribution in [2.45, 2.75) is 45.2 Å². The van der Waals surface area contributed by atoms with Crippen molar-refractivity contribution in [2.24, 2.45) is 0 Å². The fraction of sp³-hybridized carbons (Fsp3) is 0.611. The third-order valence-electron chi connectivity index (χ3n) is 4.58. The Bertz CT molecular complexity index is 513. The number of benzene rings is 1. The molecule has 0 atom stereocenters. The summed E-state index contributed by atoms with van der Waals surface area (Å²) in [6.45, 7) is 6.68. The summed E-state index contributed by atoms with van der Waals surface area (Å²) >= 11 is 0. The van der Waals surface area contributed by atoms with Crippen molar-refractivity contribution in [3.63, 3.8) is 0 Å². The zero-order chi connectivity index (χ0) is 16.8. The summed E-state index contributed by atoms with van der Waals surface area (Å²) in [6.07, 6.45) is 2.29. The Kier molecular flexibility index (Phi) is 6.39. The van der Waals surface area contributed by atoms with Crippen LogP contribution in [0.3, 0.4) is 0 Å². The second kappa shape index (κ2) is 8.29. The Labute approximate surface area is 138 Å². The summed E-state index contributed by atoms with van der Waals surface area (Å²) in [7, 11) is 1.86. The normalized spacial score (nSPS) is 16.6. The Morgan fingerprint density at radius 1 is 1.35 bits per heavy atom. The lowest BCUT2D eigenvalue weighted by molar-refractivity contribution is -0.133. The molecule has 1 amide bonds. The van der Waals surface area contributed by atoms with Gasteiger partial charge in [0.25, 0.3) is 0 Å². The van der Waals surface area contributed by atoms with Gasteiger partial charge in [-0.25, -0.2) is 4.39 Å². The van der Waals surface area contributed by atoms with E-state index in [0.717, 1.165) is 25.9 Å². The summed E-state index contributed by atoms with van der Waals surface area (Å²) in [5.74, 6) is -0.133. The first-order chi connectivity index (χ1) is 11.0. The van der Waals surface area contributed by atoms with Crippen LogP contribution in [0.25, 0.3) is 0 Å². The van der Waals surface area contributed by atoms with E-state index in [9.17, 15) is 9.18 Å². The molecule has 0 aromatic heterocycles. The number of hydrogen-bond donors (Lipinski definition) is 0. The highest BCUT2D eigenvalue weighted by Gasteiger charge is 2.26. The summed E-state index contributed by atoms with van der Waals surface area (Å²) in [5.41, 5.74) is 0. The molecule has 5 heteroatoms. The van der Waals surface area contributed by atoms with Crippen LogP contribution in [0.1, 0.15) is 33.1 Å². The number of nitrogens with zero attached hydrogens (tertiary/aromatic N) is 2. The maximum absolute atomic E-state index is 13.4. The minimum Gasteiger partial charge on any atom is -0.490 e. The number of carbonyl (C=O) groups is 1. The van der Waals surface area contributed by atoms with Gasteiger partial charge >= 0.3 is 0 Å².